The Hall–Kier alpha value is -1.92. The summed E-state index contributed by atoms with van der Waals surface area (Å²) >= 11 is 0. The number of rotatable bonds is 5. The van der Waals surface area contributed by atoms with Crippen molar-refractivity contribution in [3.8, 4) is 11.4 Å². The summed E-state index contributed by atoms with van der Waals surface area (Å²) in [4.78, 5) is 16.1. The lowest BCUT2D eigenvalue weighted by Gasteiger charge is -2.18. The molecular weight excluding hydrogens is 326 g/mol. The van der Waals surface area contributed by atoms with Gasteiger partial charge in [-0.2, -0.15) is 4.98 Å². The largest absolute Gasteiger partial charge is 0.328 e. The van der Waals surface area contributed by atoms with Crippen molar-refractivity contribution in [3.63, 3.8) is 0 Å². The summed E-state index contributed by atoms with van der Waals surface area (Å²) in [6, 6.07) is 8.17. The fourth-order valence-corrected chi connectivity index (χ4v) is 2.12. The third-order valence-electron chi connectivity index (χ3n) is 3.59. The van der Waals surface area contributed by atoms with Crippen molar-refractivity contribution in [2.75, 3.05) is 5.32 Å². The maximum Gasteiger partial charge on any atom is 0.249 e. The number of amides is 1. The van der Waals surface area contributed by atoms with E-state index in [1.165, 1.54) is 5.56 Å². The second kappa shape index (κ2) is 8.26. The van der Waals surface area contributed by atoms with E-state index in [1.54, 1.807) is 0 Å². The molecule has 0 aliphatic heterocycles. The van der Waals surface area contributed by atoms with E-state index < -0.39 is 0 Å². The van der Waals surface area contributed by atoms with Crippen LogP contribution in [-0.2, 0) is 10.2 Å². The lowest BCUT2D eigenvalue weighted by atomic mass is 9.87. The Kier molecular flexibility index (Phi) is 6.93. The highest BCUT2D eigenvalue weighted by Crippen LogP contribution is 2.24. The van der Waals surface area contributed by atoms with Crippen molar-refractivity contribution < 1.29 is 4.79 Å². The smallest absolute Gasteiger partial charge is 0.249 e. The minimum absolute atomic E-state index is 0. The Bertz CT molecular complexity index is 658. The zero-order valence-electron chi connectivity index (χ0n) is 14.6. The number of aromatic nitrogens is 3. The van der Waals surface area contributed by atoms with Crippen LogP contribution in [0.25, 0.3) is 11.4 Å². The van der Waals surface area contributed by atoms with Gasteiger partial charge >= 0.3 is 0 Å². The number of hydrogen-bond donors (Lipinski definition) is 3. The molecule has 132 valence electrons. The molecule has 7 heteroatoms. The standard InChI is InChI=1S/C17H25N5O.ClH/c1-11(18)5-10-14(23)19-16-20-15(21-22-16)12-6-8-13(9-7-12)17(2,3)4;/h6-9,11H,5,10,18H2,1-4H3,(H2,19,20,21,22,23);1H. The van der Waals surface area contributed by atoms with Crippen molar-refractivity contribution >= 4 is 24.3 Å². The molecule has 0 spiro atoms. The number of benzene rings is 1. The molecule has 1 aromatic heterocycles. The number of halogens is 1. The molecule has 0 radical (unpaired) electrons. The van der Waals surface area contributed by atoms with E-state index in [4.69, 9.17) is 5.73 Å². The second-order valence-corrected chi connectivity index (χ2v) is 6.90. The highest BCUT2D eigenvalue weighted by Gasteiger charge is 2.14. The molecule has 2 aromatic rings. The van der Waals surface area contributed by atoms with Crippen molar-refractivity contribution in [2.45, 2.75) is 52.0 Å². The molecule has 24 heavy (non-hydrogen) atoms. The van der Waals surface area contributed by atoms with Gasteiger partial charge in [-0.25, -0.2) is 0 Å². The zero-order chi connectivity index (χ0) is 17.0. The number of aromatic amines is 1. The van der Waals surface area contributed by atoms with Crippen molar-refractivity contribution in [2.24, 2.45) is 5.73 Å². The van der Waals surface area contributed by atoms with Crippen molar-refractivity contribution in [1.82, 2.24) is 15.2 Å². The van der Waals surface area contributed by atoms with Crippen LogP contribution in [-0.4, -0.2) is 27.1 Å². The summed E-state index contributed by atoms with van der Waals surface area (Å²) in [5.74, 6) is 0.790. The lowest BCUT2D eigenvalue weighted by molar-refractivity contribution is -0.116. The number of carbonyl (C=O) groups excluding carboxylic acids is 1. The van der Waals surface area contributed by atoms with Crippen molar-refractivity contribution in [3.05, 3.63) is 29.8 Å². The molecule has 1 unspecified atom stereocenters. The van der Waals surface area contributed by atoms with Crippen LogP contribution in [0.2, 0.25) is 0 Å². The van der Waals surface area contributed by atoms with Crippen molar-refractivity contribution in [1.29, 1.82) is 0 Å². The molecular formula is C17H26ClN5O. The Labute approximate surface area is 149 Å². The molecule has 1 atom stereocenters. The first-order chi connectivity index (χ1) is 10.8. The van der Waals surface area contributed by atoms with Gasteiger partial charge in [-0.1, -0.05) is 45.0 Å². The van der Waals surface area contributed by atoms with Crippen LogP contribution in [0.4, 0.5) is 5.95 Å². The third kappa shape index (κ3) is 5.62. The Balaban J connectivity index is 0.00000288. The number of nitrogens with zero attached hydrogens (tertiary/aromatic N) is 2. The van der Waals surface area contributed by atoms with Gasteiger partial charge in [0.05, 0.1) is 0 Å². The number of nitrogens with two attached hydrogens (primary N) is 1. The number of H-pyrrole nitrogens is 1. The molecule has 0 bridgehead atoms. The Morgan fingerprint density at radius 3 is 2.46 bits per heavy atom. The summed E-state index contributed by atoms with van der Waals surface area (Å²) in [7, 11) is 0. The molecule has 1 aromatic carbocycles. The van der Waals surface area contributed by atoms with E-state index in [-0.39, 0.29) is 35.7 Å². The van der Waals surface area contributed by atoms with Gasteiger partial charge in [0.25, 0.3) is 0 Å². The minimum atomic E-state index is -0.129. The Morgan fingerprint density at radius 1 is 1.29 bits per heavy atom. The minimum Gasteiger partial charge on any atom is -0.328 e. The number of hydrogen-bond acceptors (Lipinski definition) is 4. The van der Waals surface area contributed by atoms with Crippen LogP contribution < -0.4 is 11.1 Å². The van der Waals surface area contributed by atoms with E-state index in [2.05, 4.69) is 53.4 Å². The van der Waals surface area contributed by atoms with Crippen LogP contribution in [0.1, 0.15) is 46.1 Å². The van der Waals surface area contributed by atoms with Gasteiger partial charge in [-0.15, -0.1) is 17.5 Å². The maximum absolute atomic E-state index is 11.8. The molecule has 2 rings (SSSR count). The fraction of sp³-hybridized carbons (Fsp3) is 0.471. The first-order valence-electron chi connectivity index (χ1n) is 7.84. The van der Waals surface area contributed by atoms with Crippen LogP contribution in [0.15, 0.2) is 24.3 Å². The summed E-state index contributed by atoms with van der Waals surface area (Å²) in [6.07, 6.45) is 0.999. The van der Waals surface area contributed by atoms with Gasteiger partial charge in [-0.05, 0) is 24.3 Å². The van der Waals surface area contributed by atoms with E-state index >= 15 is 0 Å². The topological polar surface area (TPSA) is 96.7 Å². The predicted octanol–water partition coefficient (Wildman–Crippen LogP) is 3.26. The number of carbonyl (C=O) groups is 1. The normalized spacial score (nSPS) is 12.4. The molecule has 0 saturated heterocycles. The summed E-state index contributed by atoms with van der Waals surface area (Å²) in [5.41, 5.74) is 7.94. The summed E-state index contributed by atoms with van der Waals surface area (Å²) < 4.78 is 0. The Morgan fingerprint density at radius 2 is 1.92 bits per heavy atom. The van der Waals surface area contributed by atoms with Crippen LogP contribution in [0, 0.1) is 0 Å². The second-order valence-electron chi connectivity index (χ2n) is 6.90. The predicted molar refractivity (Wildman–Crippen MR) is 99.3 cm³/mol. The van der Waals surface area contributed by atoms with E-state index in [0.29, 0.717) is 18.7 Å². The third-order valence-corrected chi connectivity index (χ3v) is 3.59. The van der Waals surface area contributed by atoms with E-state index in [0.717, 1.165) is 5.56 Å². The summed E-state index contributed by atoms with van der Waals surface area (Å²) in [5, 5.41) is 9.56. The summed E-state index contributed by atoms with van der Waals surface area (Å²) in [6.45, 7) is 8.39. The van der Waals surface area contributed by atoms with Gasteiger partial charge in [0.15, 0.2) is 5.82 Å². The molecule has 1 amide bonds. The molecule has 0 aliphatic carbocycles. The SMILES string of the molecule is CC(N)CCC(=O)Nc1n[nH]c(-c2ccc(C(C)(C)C)cc2)n1.Cl. The molecule has 1 heterocycles. The number of anilines is 1. The lowest BCUT2D eigenvalue weighted by Crippen LogP contribution is -2.19. The van der Waals surface area contributed by atoms with Gasteiger partial charge in [0.2, 0.25) is 11.9 Å². The maximum atomic E-state index is 11.8. The van der Waals surface area contributed by atoms with Crippen LogP contribution >= 0.6 is 12.4 Å². The quantitative estimate of drug-likeness (QED) is 0.770. The molecule has 0 saturated carbocycles. The molecule has 4 N–H and O–H groups in total. The first kappa shape index (κ1) is 20.1. The zero-order valence-corrected chi connectivity index (χ0v) is 15.4. The van der Waals surface area contributed by atoms with Crippen LogP contribution in [0.3, 0.4) is 0 Å². The van der Waals surface area contributed by atoms with Gasteiger partial charge in [-0.3, -0.25) is 15.2 Å². The van der Waals surface area contributed by atoms with E-state index in [9.17, 15) is 4.79 Å². The molecule has 0 fully saturated rings. The fourth-order valence-electron chi connectivity index (χ4n) is 2.12. The van der Waals surface area contributed by atoms with Gasteiger partial charge in [0, 0.05) is 18.0 Å². The van der Waals surface area contributed by atoms with Gasteiger partial charge in [0.1, 0.15) is 0 Å². The molecule has 0 aliphatic rings. The first-order valence-corrected chi connectivity index (χ1v) is 7.84. The average Bonchev–Trinajstić information content (AvgIpc) is 2.93. The van der Waals surface area contributed by atoms with E-state index in [1.807, 2.05) is 19.1 Å². The average molecular weight is 352 g/mol. The monoisotopic (exact) mass is 351 g/mol. The molecule has 6 nitrogen and oxygen atoms in total. The highest BCUT2D eigenvalue weighted by molar-refractivity contribution is 5.89. The number of nitrogens with one attached hydrogen (secondary N) is 2. The van der Waals surface area contributed by atoms with Crippen LogP contribution in [0.5, 0.6) is 0 Å². The van der Waals surface area contributed by atoms with Gasteiger partial charge < -0.3 is 5.73 Å². The highest BCUT2D eigenvalue weighted by atomic mass is 35.5.